The summed E-state index contributed by atoms with van der Waals surface area (Å²) in [5.41, 5.74) is 2.45. The van der Waals surface area contributed by atoms with Crippen LogP contribution in [-0.4, -0.2) is 57.4 Å². The molecule has 0 spiro atoms. The highest BCUT2D eigenvalue weighted by molar-refractivity contribution is 5.74. The minimum absolute atomic E-state index is 0.0295. The van der Waals surface area contributed by atoms with Crippen molar-refractivity contribution in [1.29, 1.82) is 0 Å². The molecule has 0 radical (unpaired) electrons. The third-order valence-electron chi connectivity index (χ3n) is 5.20. The van der Waals surface area contributed by atoms with E-state index < -0.39 is 0 Å². The van der Waals surface area contributed by atoms with Crippen LogP contribution in [0.5, 0.6) is 11.5 Å². The quantitative estimate of drug-likeness (QED) is 0.724. The number of rotatable bonds is 7. The number of amides is 2. The number of urea groups is 1. The van der Waals surface area contributed by atoms with Gasteiger partial charge in [-0.3, -0.25) is 0 Å². The average molecular weight is 398 g/mol. The number of carbonyl (C=O) groups is 1. The van der Waals surface area contributed by atoms with Gasteiger partial charge < -0.3 is 24.6 Å². The Kier molecular flexibility index (Phi) is 7.22. The molecule has 0 aliphatic carbocycles. The van der Waals surface area contributed by atoms with E-state index >= 15 is 0 Å². The number of anilines is 1. The topological polar surface area (TPSA) is 54.0 Å². The fourth-order valence-corrected chi connectivity index (χ4v) is 3.35. The van der Waals surface area contributed by atoms with E-state index in [0.29, 0.717) is 32.2 Å². The van der Waals surface area contributed by atoms with Gasteiger partial charge in [-0.1, -0.05) is 26.0 Å². The summed E-state index contributed by atoms with van der Waals surface area (Å²) in [5.74, 6) is 2.19. The first-order valence-corrected chi connectivity index (χ1v) is 10.2. The van der Waals surface area contributed by atoms with Crippen molar-refractivity contribution in [2.75, 3.05) is 51.3 Å². The molecule has 1 N–H and O–H groups in total. The Balaban J connectivity index is 1.36. The van der Waals surface area contributed by atoms with Crippen molar-refractivity contribution in [2.24, 2.45) is 0 Å². The fourth-order valence-electron chi connectivity index (χ4n) is 3.35. The Morgan fingerprint density at radius 2 is 1.59 bits per heavy atom. The van der Waals surface area contributed by atoms with E-state index in [-0.39, 0.29) is 6.03 Å². The van der Waals surface area contributed by atoms with Crippen LogP contribution in [0.2, 0.25) is 0 Å². The largest absolute Gasteiger partial charge is 0.497 e. The summed E-state index contributed by atoms with van der Waals surface area (Å²) in [6.45, 7) is 8.33. The summed E-state index contributed by atoms with van der Waals surface area (Å²) < 4.78 is 10.9. The van der Waals surface area contributed by atoms with Crippen LogP contribution in [0.15, 0.2) is 48.5 Å². The van der Waals surface area contributed by atoms with Crippen molar-refractivity contribution in [3.63, 3.8) is 0 Å². The molecule has 3 rings (SSSR count). The van der Waals surface area contributed by atoms with Crippen LogP contribution in [0.4, 0.5) is 10.5 Å². The second kappa shape index (κ2) is 10.0. The predicted octanol–water partition coefficient (Wildman–Crippen LogP) is 3.73. The maximum atomic E-state index is 12.4. The summed E-state index contributed by atoms with van der Waals surface area (Å²) in [6, 6.07) is 16.1. The zero-order chi connectivity index (χ0) is 20.6. The van der Waals surface area contributed by atoms with Crippen LogP contribution in [-0.2, 0) is 0 Å². The molecule has 2 amide bonds. The van der Waals surface area contributed by atoms with Gasteiger partial charge in [0, 0.05) is 31.9 Å². The molecule has 2 aromatic carbocycles. The van der Waals surface area contributed by atoms with E-state index in [9.17, 15) is 4.79 Å². The lowest BCUT2D eigenvalue weighted by Crippen LogP contribution is -2.52. The lowest BCUT2D eigenvalue weighted by atomic mass is 10.0. The van der Waals surface area contributed by atoms with Gasteiger partial charge >= 0.3 is 6.03 Å². The molecular formula is C23H31N3O3. The summed E-state index contributed by atoms with van der Waals surface area (Å²) in [7, 11) is 1.67. The molecule has 6 heteroatoms. The Morgan fingerprint density at radius 1 is 0.966 bits per heavy atom. The molecule has 2 aromatic rings. The van der Waals surface area contributed by atoms with Gasteiger partial charge in [0.2, 0.25) is 0 Å². The van der Waals surface area contributed by atoms with Crippen LogP contribution >= 0.6 is 0 Å². The number of methoxy groups -OCH3 is 1. The molecule has 0 saturated carbocycles. The van der Waals surface area contributed by atoms with Gasteiger partial charge in [-0.05, 0) is 47.9 Å². The van der Waals surface area contributed by atoms with E-state index in [1.54, 1.807) is 7.11 Å². The van der Waals surface area contributed by atoms with Crippen molar-refractivity contribution in [3.8, 4) is 11.5 Å². The summed E-state index contributed by atoms with van der Waals surface area (Å²) >= 11 is 0. The van der Waals surface area contributed by atoms with Crippen LogP contribution in [0.25, 0.3) is 0 Å². The number of piperazine rings is 1. The van der Waals surface area contributed by atoms with Gasteiger partial charge in [-0.15, -0.1) is 0 Å². The summed E-state index contributed by atoms with van der Waals surface area (Å²) in [4.78, 5) is 16.5. The Bertz CT molecular complexity index is 767. The lowest BCUT2D eigenvalue weighted by molar-refractivity contribution is 0.191. The smallest absolute Gasteiger partial charge is 0.317 e. The van der Waals surface area contributed by atoms with Gasteiger partial charge in [0.1, 0.15) is 18.1 Å². The van der Waals surface area contributed by atoms with E-state index in [0.717, 1.165) is 30.3 Å². The number of benzene rings is 2. The van der Waals surface area contributed by atoms with E-state index in [4.69, 9.17) is 9.47 Å². The monoisotopic (exact) mass is 397 g/mol. The number of ether oxygens (including phenoxy) is 2. The van der Waals surface area contributed by atoms with Crippen molar-refractivity contribution in [1.82, 2.24) is 10.2 Å². The number of hydrogen-bond donors (Lipinski definition) is 1. The first-order chi connectivity index (χ1) is 14.1. The molecule has 156 valence electrons. The Labute approximate surface area is 173 Å². The SMILES string of the molecule is COc1ccc(N2CCN(C(=O)NCCOc3ccc(C(C)C)cc3)CC2)cc1. The Hall–Kier alpha value is -2.89. The summed E-state index contributed by atoms with van der Waals surface area (Å²) in [5, 5.41) is 2.95. The molecule has 0 atom stereocenters. The number of nitrogens with one attached hydrogen (secondary N) is 1. The first-order valence-electron chi connectivity index (χ1n) is 10.2. The van der Waals surface area contributed by atoms with Gasteiger partial charge in [-0.2, -0.15) is 0 Å². The molecule has 0 aromatic heterocycles. The third-order valence-corrected chi connectivity index (χ3v) is 5.20. The molecule has 29 heavy (non-hydrogen) atoms. The molecule has 1 saturated heterocycles. The van der Waals surface area contributed by atoms with Crippen LogP contribution in [0.1, 0.15) is 25.3 Å². The third kappa shape index (κ3) is 5.79. The zero-order valence-corrected chi connectivity index (χ0v) is 17.6. The minimum atomic E-state index is -0.0295. The van der Waals surface area contributed by atoms with Crippen LogP contribution in [0, 0.1) is 0 Å². The second-order valence-corrected chi connectivity index (χ2v) is 7.48. The predicted molar refractivity (Wildman–Crippen MR) is 116 cm³/mol. The number of nitrogens with zero attached hydrogens (tertiary/aromatic N) is 2. The molecular weight excluding hydrogens is 366 g/mol. The van der Waals surface area contributed by atoms with Crippen molar-refractivity contribution in [2.45, 2.75) is 19.8 Å². The van der Waals surface area contributed by atoms with Crippen LogP contribution in [0.3, 0.4) is 0 Å². The van der Waals surface area contributed by atoms with Crippen molar-refractivity contribution < 1.29 is 14.3 Å². The summed E-state index contributed by atoms with van der Waals surface area (Å²) in [6.07, 6.45) is 0. The average Bonchev–Trinajstić information content (AvgIpc) is 2.77. The maximum Gasteiger partial charge on any atom is 0.317 e. The Morgan fingerprint density at radius 3 is 2.17 bits per heavy atom. The standard InChI is InChI=1S/C23H31N3O3/c1-18(2)19-4-8-22(9-5-19)29-17-12-24-23(27)26-15-13-25(14-16-26)20-6-10-21(28-3)11-7-20/h4-11,18H,12-17H2,1-3H3,(H,24,27). The molecule has 0 bridgehead atoms. The highest BCUT2D eigenvalue weighted by atomic mass is 16.5. The highest BCUT2D eigenvalue weighted by Gasteiger charge is 2.21. The molecule has 0 unspecified atom stereocenters. The van der Waals surface area contributed by atoms with Crippen molar-refractivity contribution in [3.05, 3.63) is 54.1 Å². The first kappa shape index (κ1) is 20.8. The molecule has 1 aliphatic heterocycles. The molecule has 1 heterocycles. The molecule has 1 aliphatic rings. The van der Waals surface area contributed by atoms with Gasteiger partial charge in [-0.25, -0.2) is 4.79 Å². The zero-order valence-electron chi connectivity index (χ0n) is 17.6. The number of hydrogen-bond acceptors (Lipinski definition) is 4. The van der Waals surface area contributed by atoms with Gasteiger partial charge in [0.25, 0.3) is 0 Å². The van der Waals surface area contributed by atoms with Crippen LogP contribution < -0.4 is 19.7 Å². The molecule has 6 nitrogen and oxygen atoms in total. The normalized spacial score (nSPS) is 14.1. The van der Waals surface area contributed by atoms with E-state index in [1.165, 1.54) is 5.56 Å². The van der Waals surface area contributed by atoms with Gasteiger partial charge in [0.15, 0.2) is 0 Å². The van der Waals surface area contributed by atoms with E-state index in [1.807, 2.05) is 29.2 Å². The fraction of sp³-hybridized carbons (Fsp3) is 0.435. The minimum Gasteiger partial charge on any atom is -0.497 e. The molecule has 1 fully saturated rings. The van der Waals surface area contributed by atoms with E-state index in [2.05, 4.69) is 48.3 Å². The maximum absolute atomic E-state index is 12.4. The number of carbonyl (C=O) groups excluding carboxylic acids is 1. The lowest BCUT2D eigenvalue weighted by Gasteiger charge is -2.36. The van der Waals surface area contributed by atoms with Gasteiger partial charge in [0.05, 0.1) is 13.7 Å². The van der Waals surface area contributed by atoms with Crippen molar-refractivity contribution >= 4 is 11.7 Å². The second-order valence-electron chi connectivity index (χ2n) is 7.48. The highest BCUT2D eigenvalue weighted by Crippen LogP contribution is 2.21.